The van der Waals surface area contributed by atoms with E-state index in [1.807, 2.05) is 53.4 Å². The standard InChI is InChI=1S/C19H22N2O2/c1-23-18-10-9-15(12-17(18)14-6-3-2-4-7-14)19(22)21-11-5-8-16(21)13-20/h2-4,6-7,9-10,12,16H,5,8,11,13,20H2,1H3/t16-/m0/s1. The molecular formula is C19H22N2O2. The van der Waals surface area contributed by atoms with E-state index >= 15 is 0 Å². The Balaban J connectivity index is 1.96. The Labute approximate surface area is 136 Å². The molecule has 0 bridgehead atoms. The van der Waals surface area contributed by atoms with Crippen molar-refractivity contribution in [1.82, 2.24) is 4.90 Å². The van der Waals surface area contributed by atoms with Crippen molar-refractivity contribution in [3.8, 4) is 16.9 Å². The van der Waals surface area contributed by atoms with E-state index in [2.05, 4.69) is 0 Å². The molecule has 2 N–H and O–H groups in total. The van der Waals surface area contributed by atoms with Gasteiger partial charge in [-0.15, -0.1) is 0 Å². The Morgan fingerprint density at radius 1 is 1.26 bits per heavy atom. The van der Waals surface area contributed by atoms with Gasteiger partial charge in [-0.3, -0.25) is 4.79 Å². The Bertz CT molecular complexity index is 685. The van der Waals surface area contributed by atoms with Gasteiger partial charge < -0.3 is 15.4 Å². The molecule has 1 aliphatic heterocycles. The molecule has 0 aliphatic carbocycles. The molecule has 0 aromatic heterocycles. The first-order valence-corrected chi connectivity index (χ1v) is 7.99. The highest BCUT2D eigenvalue weighted by Crippen LogP contribution is 2.31. The molecule has 0 spiro atoms. The number of hydrogen-bond donors (Lipinski definition) is 1. The van der Waals surface area contributed by atoms with Crippen LogP contribution in [0.5, 0.6) is 5.75 Å². The first-order chi connectivity index (χ1) is 11.2. The number of carbonyl (C=O) groups is 1. The summed E-state index contributed by atoms with van der Waals surface area (Å²) in [6.07, 6.45) is 2.01. The lowest BCUT2D eigenvalue weighted by atomic mass is 10.0. The van der Waals surface area contributed by atoms with Gasteiger partial charge in [0.25, 0.3) is 5.91 Å². The van der Waals surface area contributed by atoms with Crippen LogP contribution in [-0.4, -0.2) is 37.0 Å². The number of hydrogen-bond acceptors (Lipinski definition) is 3. The Morgan fingerprint density at radius 3 is 2.74 bits per heavy atom. The molecular weight excluding hydrogens is 288 g/mol. The number of carbonyl (C=O) groups excluding carboxylic acids is 1. The molecule has 1 atom stereocenters. The van der Waals surface area contributed by atoms with Crippen LogP contribution < -0.4 is 10.5 Å². The van der Waals surface area contributed by atoms with Crippen LogP contribution in [0.1, 0.15) is 23.2 Å². The van der Waals surface area contributed by atoms with Crippen molar-refractivity contribution in [1.29, 1.82) is 0 Å². The van der Waals surface area contributed by atoms with Gasteiger partial charge in [0.2, 0.25) is 0 Å². The molecule has 0 radical (unpaired) electrons. The number of methoxy groups -OCH3 is 1. The zero-order chi connectivity index (χ0) is 16.2. The summed E-state index contributed by atoms with van der Waals surface area (Å²) in [5.74, 6) is 0.822. The minimum absolute atomic E-state index is 0.0535. The number of ether oxygens (including phenoxy) is 1. The summed E-state index contributed by atoms with van der Waals surface area (Å²) in [7, 11) is 1.65. The number of amides is 1. The second-order valence-corrected chi connectivity index (χ2v) is 5.81. The van der Waals surface area contributed by atoms with Crippen LogP contribution in [0, 0.1) is 0 Å². The molecule has 1 heterocycles. The van der Waals surface area contributed by atoms with Crippen LogP contribution in [0.15, 0.2) is 48.5 Å². The lowest BCUT2D eigenvalue weighted by Gasteiger charge is -2.24. The monoisotopic (exact) mass is 310 g/mol. The van der Waals surface area contributed by atoms with Gasteiger partial charge in [0.1, 0.15) is 5.75 Å². The molecule has 1 fully saturated rings. The Morgan fingerprint density at radius 2 is 2.04 bits per heavy atom. The fourth-order valence-electron chi connectivity index (χ4n) is 3.20. The second kappa shape index (κ2) is 6.84. The summed E-state index contributed by atoms with van der Waals surface area (Å²) < 4.78 is 5.46. The largest absolute Gasteiger partial charge is 0.496 e. The molecule has 0 unspecified atom stereocenters. The summed E-state index contributed by atoms with van der Waals surface area (Å²) in [4.78, 5) is 14.7. The lowest BCUT2D eigenvalue weighted by Crippen LogP contribution is -2.39. The van der Waals surface area contributed by atoms with E-state index in [4.69, 9.17) is 10.5 Å². The molecule has 1 aliphatic rings. The molecule has 0 saturated carbocycles. The summed E-state index contributed by atoms with van der Waals surface area (Å²) in [5, 5.41) is 0. The lowest BCUT2D eigenvalue weighted by molar-refractivity contribution is 0.0741. The van der Waals surface area contributed by atoms with Crippen molar-refractivity contribution >= 4 is 5.91 Å². The van der Waals surface area contributed by atoms with Crippen LogP contribution >= 0.6 is 0 Å². The number of rotatable bonds is 4. The zero-order valence-corrected chi connectivity index (χ0v) is 13.4. The van der Waals surface area contributed by atoms with Gasteiger partial charge >= 0.3 is 0 Å². The third-order valence-electron chi connectivity index (χ3n) is 4.44. The SMILES string of the molecule is COc1ccc(C(=O)N2CCC[C@H]2CN)cc1-c1ccccc1. The van der Waals surface area contributed by atoms with Gasteiger partial charge in [-0.2, -0.15) is 0 Å². The predicted octanol–water partition coefficient (Wildman–Crippen LogP) is 2.93. The summed E-state index contributed by atoms with van der Waals surface area (Å²) in [6, 6.07) is 15.7. The number of nitrogens with zero attached hydrogens (tertiary/aromatic N) is 1. The molecule has 2 aromatic carbocycles. The van der Waals surface area contributed by atoms with Gasteiger partial charge in [-0.25, -0.2) is 0 Å². The van der Waals surface area contributed by atoms with Crippen LogP contribution in [0.3, 0.4) is 0 Å². The van der Waals surface area contributed by atoms with Gasteiger partial charge in [0.05, 0.1) is 7.11 Å². The van der Waals surface area contributed by atoms with Crippen LogP contribution in [0.4, 0.5) is 0 Å². The quantitative estimate of drug-likeness (QED) is 0.944. The topological polar surface area (TPSA) is 55.6 Å². The third-order valence-corrected chi connectivity index (χ3v) is 4.44. The van der Waals surface area contributed by atoms with Gasteiger partial charge in [0, 0.05) is 30.3 Å². The summed E-state index contributed by atoms with van der Waals surface area (Å²) in [6.45, 7) is 1.31. The molecule has 1 saturated heterocycles. The van der Waals surface area contributed by atoms with E-state index in [-0.39, 0.29) is 11.9 Å². The van der Waals surface area contributed by atoms with E-state index < -0.39 is 0 Å². The van der Waals surface area contributed by atoms with Crippen molar-refractivity contribution in [2.75, 3.05) is 20.2 Å². The van der Waals surface area contributed by atoms with E-state index in [1.165, 1.54) is 0 Å². The second-order valence-electron chi connectivity index (χ2n) is 5.81. The van der Waals surface area contributed by atoms with Crippen molar-refractivity contribution in [3.05, 3.63) is 54.1 Å². The smallest absolute Gasteiger partial charge is 0.254 e. The predicted molar refractivity (Wildman–Crippen MR) is 91.5 cm³/mol. The van der Waals surface area contributed by atoms with E-state index in [0.717, 1.165) is 36.3 Å². The number of benzene rings is 2. The van der Waals surface area contributed by atoms with Gasteiger partial charge in [-0.05, 0) is 36.6 Å². The first-order valence-electron chi connectivity index (χ1n) is 7.99. The highest BCUT2D eigenvalue weighted by Gasteiger charge is 2.28. The molecule has 120 valence electrons. The van der Waals surface area contributed by atoms with Gasteiger partial charge in [-0.1, -0.05) is 30.3 Å². The average Bonchev–Trinajstić information content (AvgIpc) is 3.10. The van der Waals surface area contributed by atoms with E-state index in [1.54, 1.807) is 7.11 Å². The normalized spacial score (nSPS) is 17.3. The molecule has 23 heavy (non-hydrogen) atoms. The van der Waals surface area contributed by atoms with Crippen molar-refractivity contribution < 1.29 is 9.53 Å². The Hall–Kier alpha value is -2.33. The molecule has 1 amide bonds. The fourth-order valence-corrected chi connectivity index (χ4v) is 3.20. The zero-order valence-electron chi connectivity index (χ0n) is 13.4. The maximum atomic E-state index is 12.8. The summed E-state index contributed by atoms with van der Waals surface area (Å²) in [5.41, 5.74) is 8.45. The molecule has 2 aromatic rings. The highest BCUT2D eigenvalue weighted by atomic mass is 16.5. The van der Waals surface area contributed by atoms with Crippen LogP contribution in [-0.2, 0) is 0 Å². The number of nitrogens with two attached hydrogens (primary N) is 1. The number of likely N-dealkylation sites (tertiary alicyclic amines) is 1. The Kier molecular flexibility index (Phi) is 4.63. The van der Waals surface area contributed by atoms with Gasteiger partial charge in [0.15, 0.2) is 0 Å². The minimum Gasteiger partial charge on any atom is -0.496 e. The molecule has 4 heteroatoms. The van der Waals surface area contributed by atoms with Crippen molar-refractivity contribution in [2.24, 2.45) is 5.73 Å². The summed E-state index contributed by atoms with van der Waals surface area (Å²) >= 11 is 0. The third kappa shape index (κ3) is 3.08. The van der Waals surface area contributed by atoms with Crippen molar-refractivity contribution in [2.45, 2.75) is 18.9 Å². The fraction of sp³-hybridized carbons (Fsp3) is 0.316. The molecule has 3 rings (SSSR count). The maximum absolute atomic E-state index is 12.8. The average molecular weight is 310 g/mol. The highest BCUT2D eigenvalue weighted by molar-refractivity contribution is 5.96. The minimum atomic E-state index is 0.0535. The van der Waals surface area contributed by atoms with Crippen LogP contribution in [0.25, 0.3) is 11.1 Å². The van der Waals surface area contributed by atoms with Crippen LogP contribution in [0.2, 0.25) is 0 Å². The maximum Gasteiger partial charge on any atom is 0.254 e. The van der Waals surface area contributed by atoms with E-state index in [0.29, 0.717) is 12.1 Å². The molecule has 4 nitrogen and oxygen atoms in total. The van der Waals surface area contributed by atoms with Crippen molar-refractivity contribution in [3.63, 3.8) is 0 Å². The first kappa shape index (κ1) is 15.6. The van der Waals surface area contributed by atoms with E-state index in [9.17, 15) is 4.79 Å².